The highest BCUT2D eigenvalue weighted by Gasteiger charge is 2.18. The first-order valence-electron chi connectivity index (χ1n) is 36.8. The second kappa shape index (κ2) is 70.6. The topological polar surface area (TPSA) is 95.9 Å². The molecule has 0 aliphatic rings. The molecule has 0 aromatic rings. The van der Waals surface area contributed by atoms with E-state index in [2.05, 4.69) is 43.5 Å². The fraction of sp³-hybridized carbons (Fsp3) is 0.893. The molecule has 478 valence electrons. The van der Waals surface area contributed by atoms with E-state index in [1.165, 1.54) is 321 Å². The summed E-state index contributed by atoms with van der Waals surface area (Å²) in [6.07, 6.45) is 90.9. The standard InChI is InChI=1S/C75H143NO5/c1-3-5-7-9-11-13-15-17-19-21-22-23-24-26-29-32-36-39-43-47-51-55-59-63-67-73(78)72(71-77)76-74(79)68-64-60-56-52-48-44-40-37-33-30-27-25-28-31-34-38-42-46-50-54-58-62-66-70-81-75(80)69-65-61-57-53-49-45-41-35-20-18-16-14-12-10-8-6-4-2/h25,28,30,33,63,67,72-73,77-78H,3-24,26-27,29,31-32,34-62,64-66,68-71H2,1-2H3,(H,76,79)/b28-25-,33-30-,67-63+. The van der Waals surface area contributed by atoms with Crippen molar-refractivity contribution < 1.29 is 24.5 Å². The van der Waals surface area contributed by atoms with Gasteiger partial charge in [-0.1, -0.05) is 365 Å². The third-order valence-electron chi connectivity index (χ3n) is 17.2. The SMILES string of the molecule is CCCCCCCCCCCCCCCCCCCCCCCC/C=C/C(O)C(CO)NC(=O)CCCCCCCCC/C=C\C/C=C\CCCCCCCCCCCOC(=O)CCCCCCCCCCCCCCCCCCC. The molecule has 0 bridgehead atoms. The van der Waals surface area contributed by atoms with E-state index in [4.69, 9.17) is 4.74 Å². The smallest absolute Gasteiger partial charge is 0.305 e. The van der Waals surface area contributed by atoms with Crippen LogP contribution in [0.2, 0.25) is 0 Å². The molecule has 0 aliphatic heterocycles. The van der Waals surface area contributed by atoms with Crippen molar-refractivity contribution in [3.63, 3.8) is 0 Å². The van der Waals surface area contributed by atoms with Crippen LogP contribution in [0, 0.1) is 0 Å². The molecule has 0 aliphatic carbocycles. The molecule has 0 aromatic heterocycles. The molecule has 81 heavy (non-hydrogen) atoms. The molecule has 0 heterocycles. The van der Waals surface area contributed by atoms with Crippen molar-refractivity contribution in [2.24, 2.45) is 0 Å². The maximum Gasteiger partial charge on any atom is 0.305 e. The Bertz CT molecular complexity index is 1310. The zero-order valence-electron chi connectivity index (χ0n) is 54.8. The summed E-state index contributed by atoms with van der Waals surface area (Å²) < 4.78 is 5.50. The number of aliphatic hydroxyl groups excluding tert-OH is 2. The van der Waals surface area contributed by atoms with Crippen LogP contribution in [0.1, 0.15) is 406 Å². The van der Waals surface area contributed by atoms with Gasteiger partial charge in [0.15, 0.2) is 0 Å². The molecule has 3 N–H and O–H groups in total. The minimum atomic E-state index is -0.853. The van der Waals surface area contributed by atoms with Crippen LogP contribution in [0.25, 0.3) is 0 Å². The van der Waals surface area contributed by atoms with Gasteiger partial charge in [-0.15, -0.1) is 0 Å². The van der Waals surface area contributed by atoms with Gasteiger partial charge in [0.25, 0.3) is 0 Å². The van der Waals surface area contributed by atoms with Crippen LogP contribution >= 0.6 is 0 Å². The summed E-state index contributed by atoms with van der Waals surface area (Å²) in [5.74, 6) is -0.0631. The van der Waals surface area contributed by atoms with Crippen LogP contribution in [-0.2, 0) is 14.3 Å². The average Bonchev–Trinajstić information content (AvgIpc) is 3.47. The monoisotopic (exact) mass is 1140 g/mol. The first-order chi connectivity index (χ1) is 40.0. The van der Waals surface area contributed by atoms with Gasteiger partial charge >= 0.3 is 5.97 Å². The molecule has 0 spiro atoms. The quantitative estimate of drug-likeness (QED) is 0.0320. The molecular formula is C75H143NO5. The molecule has 0 rings (SSSR count). The number of esters is 1. The van der Waals surface area contributed by atoms with Crippen molar-refractivity contribution in [3.8, 4) is 0 Å². The second-order valence-corrected chi connectivity index (χ2v) is 25.3. The maximum atomic E-state index is 12.5. The van der Waals surface area contributed by atoms with Crippen molar-refractivity contribution in [1.29, 1.82) is 0 Å². The normalized spacial score (nSPS) is 12.7. The van der Waals surface area contributed by atoms with Gasteiger partial charge in [-0.25, -0.2) is 0 Å². The fourth-order valence-corrected chi connectivity index (χ4v) is 11.6. The lowest BCUT2D eigenvalue weighted by molar-refractivity contribution is -0.143. The number of allylic oxidation sites excluding steroid dienone is 5. The van der Waals surface area contributed by atoms with E-state index in [1.807, 2.05) is 6.08 Å². The van der Waals surface area contributed by atoms with Crippen LogP contribution in [-0.4, -0.2) is 47.4 Å². The number of amides is 1. The molecule has 6 nitrogen and oxygen atoms in total. The highest BCUT2D eigenvalue weighted by molar-refractivity contribution is 5.76. The van der Waals surface area contributed by atoms with Crippen LogP contribution in [0.15, 0.2) is 36.5 Å². The van der Waals surface area contributed by atoms with Crippen LogP contribution < -0.4 is 5.32 Å². The zero-order chi connectivity index (χ0) is 58.5. The number of rotatable bonds is 69. The van der Waals surface area contributed by atoms with Gasteiger partial charge in [-0.05, 0) is 64.2 Å². The molecular weight excluding hydrogens is 995 g/mol. The van der Waals surface area contributed by atoms with Crippen molar-refractivity contribution in [2.45, 2.75) is 418 Å². The van der Waals surface area contributed by atoms with E-state index in [0.717, 1.165) is 57.8 Å². The first-order valence-corrected chi connectivity index (χ1v) is 36.8. The van der Waals surface area contributed by atoms with Gasteiger partial charge in [0.05, 0.1) is 25.4 Å². The first kappa shape index (κ1) is 79.1. The van der Waals surface area contributed by atoms with Crippen LogP contribution in [0.5, 0.6) is 0 Å². The fourth-order valence-electron chi connectivity index (χ4n) is 11.6. The summed E-state index contributed by atoms with van der Waals surface area (Å²) in [6.45, 7) is 4.94. The van der Waals surface area contributed by atoms with Gasteiger partial charge in [0.2, 0.25) is 5.91 Å². The number of hydrogen-bond acceptors (Lipinski definition) is 5. The Labute approximate surface area is 506 Å². The minimum Gasteiger partial charge on any atom is -0.466 e. The highest BCUT2D eigenvalue weighted by Crippen LogP contribution is 2.19. The summed E-state index contributed by atoms with van der Waals surface area (Å²) in [4.78, 5) is 24.6. The Kier molecular flexibility index (Phi) is 68.9. The summed E-state index contributed by atoms with van der Waals surface area (Å²) >= 11 is 0. The van der Waals surface area contributed by atoms with Crippen LogP contribution in [0.3, 0.4) is 0 Å². The van der Waals surface area contributed by atoms with E-state index in [0.29, 0.717) is 19.4 Å². The highest BCUT2D eigenvalue weighted by atomic mass is 16.5. The number of ether oxygens (including phenoxy) is 1. The molecule has 2 atom stereocenters. The lowest BCUT2D eigenvalue weighted by Crippen LogP contribution is -2.45. The Morgan fingerprint density at radius 1 is 0.346 bits per heavy atom. The minimum absolute atomic E-state index is 0.0112. The molecule has 1 amide bonds. The number of carbonyl (C=O) groups is 2. The summed E-state index contributed by atoms with van der Waals surface area (Å²) in [5, 5.41) is 23.3. The zero-order valence-corrected chi connectivity index (χ0v) is 54.8. The number of carbonyl (C=O) groups excluding carboxylic acids is 2. The van der Waals surface area contributed by atoms with Crippen molar-refractivity contribution in [1.82, 2.24) is 5.32 Å². The molecule has 0 fully saturated rings. The molecule has 0 aromatic carbocycles. The van der Waals surface area contributed by atoms with Gasteiger partial charge in [-0.2, -0.15) is 0 Å². The maximum absolute atomic E-state index is 12.5. The predicted molar refractivity (Wildman–Crippen MR) is 356 cm³/mol. The second-order valence-electron chi connectivity index (χ2n) is 25.3. The van der Waals surface area contributed by atoms with E-state index >= 15 is 0 Å². The number of aliphatic hydroxyl groups is 2. The Balaban J connectivity index is 3.46. The predicted octanol–water partition coefficient (Wildman–Crippen LogP) is 23.9. The van der Waals surface area contributed by atoms with Crippen LogP contribution in [0.4, 0.5) is 0 Å². The molecule has 2 unspecified atom stereocenters. The lowest BCUT2D eigenvalue weighted by Gasteiger charge is -2.20. The van der Waals surface area contributed by atoms with Gasteiger partial charge < -0.3 is 20.3 Å². The average molecular weight is 1140 g/mol. The number of unbranched alkanes of at least 4 members (excludes halogenated alkanes) is 54. The molecule has 0 radical (unpaired) electrons. The van der Waals surface area contributed by atoms with E-state index in [9.17, 15) is 19.8 Å². The van der Waals surface area contributed by atoms with E-state index in [-0.39, 0.29) is 18.5 Å². The summed E-state index contributed by atoms with van der Waals surface area (Å²) in [5.41, 5.74) is 0. The molecule has 6 heteroatoms. The summed E-state index contributed by atoms with van der Waals surface area (Å²) in [7, 11) is 0. The molecule has 0 saturated carbocycles. The van der Waals surface area contributed by atoms with E-state index in [1.54, 1.807) is 6.08 Å². The number of hydrogen-bond donors (Lipinski definition) is 3. The van der Waals surface area contributed by atoms with E-state index < -0.39 is 12.1 Å². The van der Waals surface area contributed by atoms with Gasteiger partial charge in [0, 0.05) is 12.8 Å². The Morgan fingerprint density at radius 2 is 0.617 bits per heavy atom. The van der Waals surface area contributed by atoms with Gasteiger partial charge in [-0.3, -0.25) is 9.59 Å². The molecule has 0 saturated heterocycles. The summed E-state index contributed by atoms with van der Waals surface area (Å²) in [6, 6.07) is -0.637. The van der Waals surface area contributed by atoms with Gasteiger partial charge in [0.1, 0.15) is 0 Å². The number of nitrogens with one attached hydrogen (secondary N) is 1. The van der Waals surface area contributed by atoms with Crippen molar-refractivity contribution in [3.05, 3.63) is 36.5 Å². The largest absolute Gasteiger partial charge is 0.466 e. The third-order valence-corrected chi connectivity index (χ3v) is 17.2. The third kappa shape index (κ3) is 67.1. The Morgan fingerprint density at radius 3 is 0.938 bits per heavy atom. The Hall–Kier alpha value is -1.92. The van der Waals surface area contributed by atoms with Crippen molar-refractivity contribution in [2.75, 3.05) is 13.2 Å². The van der Waals surface area contributed by atoms with Crippen molar-refractivity contribution >= 4 is 11.9 Å². The lowest BCUT2D eigenvalue weighted by atomic mass is 10.0.